The van der Waals surface area contributed by atoms with Crippen LogP contribution in [0, 0.1) is 12.7 Å². The van der Waals surface area contributed by atoms with Crippen LogP contribution < -0.4 is 16.0 Å². The number of fused-ring (bicyclic) bond motifs is 1. The van der Waals surface area contributed by atoms with E-state index >= 15 is 0 Å². The average Bonchev–Trinajstić information content (AvgIpc) is 3.61. The molecule has 224 valence electrons. The van der Waals surface area contributed by atoms with Crippen molar-refractivity contribution >= 4 is 27.5 Å². The van der Waals surface area contributed by atoms with Crippen LogP contribution in [0.3, 0.4) is 0 Å². The Labute approximate surface area is 244 Å². The minimum Gasteiger partial charge on any atom is -0.496 e. The van der Waals surface area contributed by atoms with E-state index in [1.54, 1.807) is 11.8 Å². The van der Waals surface area contributed by atoms with E-state index in [-0.39, 0.29) is 37.1 Å². The summed E-state index contributed by atoms with van der Waals surface area (Å²) >= 11 is 1.15. The van der Waals surface area contributed by atoms with Gasteiger partial charge in [0.15, 0.2) is 0 Å². The van der Waals surface area contributed by atoms with Gasteiger partial charge in [-0.3, -0.25) is 14.2 Å². The number of nitrogens with zero attached hydrogens (tertiary/aromatic N) is 6. The quantitative estimate of drug-likeness (QED) is 0.294. The second-order valence-corrected chi connectivity index (χ2v) is 11.3. The molecule has 0 bridgehead atoms. The largest absolute Gasteiger partial charge is 0.496 e. The third-order valence-corrected chi connectivity index (χ3v) is 8.78. The maximum atomic E-state index is 14.4. The summed E-state index contributed by atoms with van der Waals surface area (Å²) < 4.78 is 28.2. The van der Waals surface area contributed by atoms with Gasteiger partial charge in [0, 0.05) is 23.7 Å². The molecule has 0 radical (unpaired) electrons. The summed E-state index contributed by atoms with van der Waals surface area (Å²) in [6.45, 7) is 5.51. The molecule has 1 fully saturated rings. The van der Waals surface area contributed by atoms with Gasteiger partial charge in [-0.25, -0.2) is 13.8 Å². The van der Waals surface area contributed by atoms with E-state index in [0.29, 0.717) is 46.1 Å². The SMILES string of the molecule is COc1ccc(F)cc1[C@H](Cn1c(=O)n(C2CCCN(C(C)C)C2=O)c(=O)c2c(C)c(-n3nccn3)sc21)OCCO. The minimum atomic E-state index is -0.983. The first-order valence-electron chi connectivity index (χ1n) is 13.7. The molecular formula is C28H33FN6O6S. The normalized spacial score (nSPS) is 16.5. The Morgan fingerprint density at radius 1 is 1.19 bits per heavy atom. The Hall–Kier alpha value is -3.88. The lowest BCUT2D eigenvalue weighted by molar-refractivity contribution is -0.139. The monoisotopic (exact) mass is 600 g/mol. The molecule has 1 amide bonds. The number of halogens is 1. The predicted molar refractivity (Wildman–Crippen MR) is 154 cm³/mol. The van der Waals surface area contributed by atoms with E-state index < -0.39 is 29.2 Å². The van der Waals surface area contributed by atoms with E-state index in [1.807, 2.05) is 13.8 Å². The van der Waals surface area contributed by atoms with Gasteiger partial charge in [-0.05, 0) is 51.8 Å². The van der Waals surface area contributed by atoms with Crippen molar-refractivity contribution in [3.63, 3.8) is 0 Å². The molecule has 1 unspecified atom stereocenters. The van der Waals surface area contributed by atoms with Crippen molar-refractivity contribution < 1.29 is 23.8 Å². The highest BCUT2D eigenvalue weighted by Gasteiger charge is 2.35. The number of carbonyl (C=O) groups excluding carboxylic acids is 1. The van der Waals surface area contributed by atoms with Gasteiger partial charge in [0.05, 0.1) is 44.6 Å². The molecule has 0 aliphatic carbocycles. The molecule has 1 N–H and O–H groups in total. The van der Waals surface area contributed by atoms with Gasteiger partial charge in [-0.15, -0.1) is 4.80 Å². The lowest BCUT2D eigenvalue weighted by Gasteiger charge is -2.35. The zero-order chi connectivity index (χ0) is 30.1. The van der Waals surface area contributed by atoms with Crippen LogP contribution in [-0.2, 0) is 16.1 Å². The summed E-state index contributed by atoms with van der Waals surface area (Å²) in [7, 11) is 1.44. The highest BCUT2D eigenvalue weighted by Crippen LogP contribution is 2.34. The number of methoxy groups -OCH3 is 1. The average molecular weight is 601 g/mol. The summed E-state index contributed by atoms with van der Waals surface area (Å²) in [5.41, 5.74) is -0.381. The number of ether oxygens (including phenoxy) is 2. The molecular weight excluding hydrogens is 567 g/mol. The predicted octanol–water partition coefficient (Wildman–Crippen LogP) is 2.58. The zero-order valence-corrected chi connectivity index (χ0v) is 24.6. The van der Waals surface area contributed by atoms with Crippen molar-refractivity contribution in [3.8, 4) is 10.8 Å². The van der Waals surface area contributed by atoms with E-state index in [4.69, 9.17) is 9.47 Å². The number of aromatic nitrogens is 5. The van der Waals surface area contributed by atoms with Crippen LogP contribution in [0.1, 0.15) is 50.0 Å². The number of likely N-dealkylation sites (tertiary alicyclic amines) is 1. The molecule has 0 spiro atoms. The molecule has 12 nitrogen and oxygen atoms in total. The van der Waals surface area contributed by atoms with Crippen LogP contribution in [0.5, 0.6) is 5.75 Å². The smallest absolute Gasteiger partial charge is 0.332 e. The van der Waals surface area contributed by atoms with Crippen molar-refractivity contribution in [1.82, 2.24) is 29.0 Å². The Morgan fingerprint density at radius 3 is 2.60 bits per heavy atom. The summed E-state index contributed by atoms with van der Waals surface area (Å²) in [6.07, 6.45) is 3.03. The molecule has 1 aromatic carbocycles. The second-order valence-electron chi connectivity index (χ2n) is 10.4. The molecule has 0 saturated carbocycles. The van der Waals surface area contributed by atoms with Crippen molar-refractivity contribution in [2.75, 3.05) is 26.9 Å². The number of aliphatic hydroxyl groups excluding tert-OH is 1. The van der Waals surface area contributed by atoms with Crippen molar-refractivity contribution in [2.24, 2.45) is 0 Å². The van der Waals surface area contributed by atoms with E-state index in [1.165, 1.54) is 47.1 Å². The minimum absolute atomic E-state index is 0.0981. The number of carbonyl (C=O) groups is 1. The standard InChI is InChI=1S/C28H33FN6O6S/c1-16(2)32-11-5-6-20(24(32)37)34-25(38)23-17(3)26(35-30-9-10-31-35)42-27(23)33(28(34)39)15-22(41-13-12-36)19-14-18(29)7-8-21(19)40-4/h7-10,14,16,20,22,36H,5-6,11-13,15H2,1-4H3/t20?,22-/m0/s1. The van der Waals surface area contributed by atoms with Crippen LogP contribution in [0.4, 0.5) is 4.39 Å². The molecule has 1 aliphatic heterocycles. The Balaban J connectivity index is 1.76. The summed E-state index contributed by atoms with van der Waals surface area (Å²) in [4.78, 5) is 45.4. The number of amides is 1. The van der Waals surface area contributed by atoms with Crippen LogP contribution in [0.25, 0.3) is 15.2 Å². The van der Waals surface area contributed by atoms with E-state index in [2.05, 4.69) is 10.2 Å². The Bertz CT molecular complexity index is 1710. The first-order valence-corrected chi connectivity index (χ1v) is 14.5. The number of thiophene rings is 1. The maximum Gasteiger partial charge on any atom is 0.332 e. The number of hydrogen-bond donors (Lipinski definition) is 1. The first kappa shape index (κ1) is 29.6. The third-order valence-electron chi connectivity index (χ3n) is 7.50. The maximum absolute atomic E-state index is 14.4. The van der Waals surface area contributed by atoms with Crippen molar-refractivity contribution in [2.45, 2.75) is 58.3 Å². The van der Waals surface area contributed by atoms with E-state index in [0.717, 1.165) is 15.9 Å². The van der Waals surface area contributed by atoms with Gasteiger partial charge < -0.3 is 19.5 Å². The molecule has 1 aliphatic rings. The fraction of sp³-hybridized carbons (Fsp3) is 0.464. The van der Waals surface area contributed by atoms with E-state index in [9.17, 15) is 23.9 Å². The van der Waals surface area contributed by atoms with Crippen LogP contribution >= 0.6 is 11.3 Å². The van der Waals surface area contributed by atoms with Gasteiger partial charge >= 0.3 is 5.69 Å². The lowest BCUT2D eigenvalue weighted by Crippen LogP contribution is -2.52. The summed E-state index contributed by atoms with van der Waals surface area (Å²) in [5, 5.41) is 18.7. The summed E-state index contributed by atoms with van der Waals surface area (Å²) in [6, 6.07) is 2.87. The van der Waals surface area contributed by atoms with Gasteiger partial charge in [0.1, 0.15) is 33.5 Å². The number of rotatable bonds is 10. The molecule has 4 heterocycles. The van der Waals surface area contributed by atoms with Crippen molar-refractivity contribution in [1.29, 1.82) is 0 Å². The van der Waals surface area contributed by atoms with Crippen LogP contribution in [0.2, 0.25) is 0 Å². The van der Waals surface area contributed by atoms with Gasteiger partial charge in [-0.1, -0.05) is 11.3 Å². The number of piperidine rings is 1. The van der Waals surface area contributed by atoms with Crippen LogP contribution in [0.15, 0.2) is 40.2 Å². The molecule has 5 rings (SSSR count). The number of benzene rings is 1. The molecule has 1 saturated heterocycles. The van der Waals surface area contributed by atoms with Crippen LogP contribution in [-0.4, -0.2) is 73.0 Å². The molecule has 3 aromatic heterocycles. The zero-order valence-electron chi connectivity index (χ0n) is 23.8. The fourth-order valence-corrected chi connectivity index (χ4v) is 6.71. The second kappa shape index (κ2) is 12.2. The fourth-order valence-electron chi connectivity index (χ4n) is 5.49. The number of aliphatic hydroxyl groups is 1. The molecule has 2 atom stereocenters. The Morgan fingerprint density at radius 2 is 1.93 bits per heavy atom. The molecule has 4 aromatic rings. The third kappa shape index (κ3) is 5.25. The highest BCUT2D eigenvalue weighted by atomic mass is 32.1. The number of aryl methyl sites for hydroxylation is 1. The van der Waals surface area contributed by atoms with Gasteiger partial charge in [0.2, 0.25) is 5.91 Å². The topological polar surface area (TPSA) is 134 Å². The van der Waals surface area contributed by atoms with Gasteiger partial charge in [0.25, 0.3) is 5.56 Å². The highest BCUT2D eigenvalue weighted by molar-refractivity contribution is 7.21. The van der Waals surface area contributed by atoms with Crippen molar-refractivity contribution in [3.05, 3.63) is 68.4 Å². The lowest BCUT2D eigenvalue weighted by atomic mass is 10.0. The van der Waals surface area contributed by atoms with Gasteiger partial charge in [-0.2, -0.15) is 10.2 Å². The first-order chi connectivity index (χ1) is 20.2. The molecule has 14 heteroatoms. The Kier molecular flexibility index (Phi) is 8.57. The number of hydrogen-bond acceptors (Lipinski definition) is 9. The molecule has 42 heavy (non-hydrogen) atoms. The summed E-state index contributed by atoms with van der Waals surface area (Å²) in [5.74, 6) is -0.495.